The van der Waals surface area contributed by atoms with Gasteiger partial charge in [-0.3, -0.25) is 24.2 Å². The van der Waals surface area contributed by atoms with Gasteiger partial charge in [-0.25, -0.2) is 19.3 Å². The van der Waals surface area contributed by atoms with Crippen molar-refractivity contribution in [2.24, 2.45) is 12.8 Å². The average Bonchev–Trinajstić information content (AvgIpc) is 3.82. The number of anilines is 1. The highest BCUT2D eigenvalue weighted by molar-refractivity contribution is 8.01. The van der Waals surface area contributed by atoms with Crippen LogP contribution in [-0.4, -0.2) is 98.8 Å². The number of aromatic nitrogens is 6. The number of urea groups is 1. The molecule has 0 bridgehead atoms. The van der Waals surface area contributed by atoms with E-state index in [0.29, 0.717) is 16.6 Å². The van der Waals surface area contributed by atoms with Gasteiger partial charge < -0.3 is 31.0 Å². The van der Waals surface area contributed by atoms with Crippen LogP contribution in [-0.2, 0) is 26.2 Å². The number of carboxylic acids is 1. The van der Waals surface area contributed by atoms with Crippen LogP contribution in [0.25, 0.3) is 0 Å². The summed E-state index contributed by atoms with van der Waals surface area (Å²) in [5.74, 6) is -2.47. The van der Waals surface area contributed by atoms with Crippen molar-refractivity contribution in [2.75, 3.05) is 23.5 Å². The number of aromatic amines is 1. The Morgan fingerprint density at radius 3 is 2.57 bits per heavy atom. The Hall–Kier alpha value is -4.95. The minimum Gasteiger partial charge on any atom is -0.508 e. The van der Waals surface area contributed by atoms with Crippen molar-refractivity contribution in [2.45, 2.75) is 41.1 Å². The van der Waals surface area contributed by atoms with E-state index in [0.717, 1.165) is 40.6 Å². The predicted octanol–water partition coefficient (Wildman–Crippen LogP) is 0.00780. The number of thioether (sulfide) groups is 2. The Bertz CT molecular complexity index is 1860. The minimum atomic E-state index is -2.05. The van der Waals surface area contributed by atoms with Gasteiger partial charge >= 0.3 is 12.0 Å². The average molecular weight is 685 g/mol. The smallest absolute Gasteiger partial charge is 0.352 e. The molecule has 18 nitrogen and oxygen atoms in total. The molecule has 1 aromatic carbocycles. The highest BCUT2D eigenvalue weighted by atomic mass is 32.2. The molecule has 3 aromatic rings. The summed E-state index contributed by atoms with van der Waals surface area (Å²) in [6.07, 6.45) is 2.85. The summed E-state index contributed by atoms with van der Waals surface area (Å²) in [6.45, 7) is 0. The first kappa shape index (κ1) is 32.0. The van der Waals surface area contributed by atoms with E-state index in [1.165, 1.54) is 47.8 Å². The number of hydrogen-bond donors (Lipinski definition) is 5. The van der Waals surface area contributed by atoms with Crippen LogP contribution in [0.5, 0.6) is 5.75 Å². The van der Waals surface area contributed by atoms with Gasteiger partial charge in [-0.1, -0.05) is 23.9 Å². The molecule has 1 saturated carbocycles. The molecule has 1 aliphatic carbocycles. The van der Waals surface area contributed by atoms with Crippen LogP contribution in [0.1, 0.15) is 36.2 Å². The summed E-state index contributed by atoms with van der Waals surface area (Å²) in [5, 5.41) is 33.2. The first-order valence-corrected chi connectivity index (χ1v) is 16.1. The number of carbonyl (C=O) groups is 4. The molecule has 2 aromatic heterocycles. The van der Waals surface area contributed by atoms with Gasteiger partial charge in [-0.15, -0.1) is 16.9 Å². The number of methoxy groups -OCH3 is 1. The molecule has 2 fully saturated rings. The minimum absolute atomic E-state index is 0.0878. The first-order valence-electron chi connectivity index (χ1n) is 14.1. The van der Waals surface area contributed by atoms with Crippen LogP contribution in [0.3, 0.4) is 0 Å². The van der Waals surface area contributed by atoms with E-state index in [-0.39, 0.29) is 40.1 Å². The standard InChI is InChI=1S/C27H28N10O8S2/c1-35-26(32-33-34-35)47-11-14-10-46-24-27(45-2,23(43)37(24)18(14)22(41)42)31-21(40)17(12-5-7-15(38)8-6-12)36(25(28)44)16-9-29-19(13-3-4-13)30-20(16)39/h5-9,13,17,24,38H,3-4,10-11H2,1-2H3,(H2,28,44)(H,31,40)(H,41,42)(H,29,30,39)/t17?,24-,27+/m1/s1. The summed E-state index contributed by atoms with van der Waals surface area (Å²) < 4.78 is 7.02. The van der Waals surface area contributed by atoms with E-state index in [1.807, 2.05) is 0 Å². The molecule has 3 atom stereocenters. The van der Waals surface area contributed by atoms with Gasteiger partial charge in [0.25, 0.3) is 23.1 Å². The number of carboxylic acid groups (broad SMARTS) is 1. The molecule has 1 unspecified atom stereocenters. The zero-order chi connectivity index (χ0) is 33.6. The van der Waals surface area contributed by atoms with Crippen LogP contribution in [0.4, 0.5) is 10.5 Å². The second kappa shape index (κ2) is 12.3. The van der Waals surface area contributed by atoms with E-state index in [4.69, 9.17) is 10.5 Å². The molecule has 0 radical (unpaired) electrons. The van der Waals surface area contributed by atoms with Crippen LogP contribution < -0.4 is 21.5 Å². The number of benzene rings is 1. The van der Waals surface area contributed by atoms with Gasteiger partial charge in [0.1, 0.15) is 34.4 Å². The van der Waals surface area contributed by atoms with Gasteiger partial charge in [0.15, 0.2) is 0 Å². The lowest BCUT2D eigenvalue weighted by atomic mass is 9.96. The van der Waals surface area contributed by atoms with Crippen molar-refractivity contribution in [3.63, 3.8) is 0 Å². The number of amides is 4. The molecular formula is C27H28N10O8S2. The van der Waals surface area contributed by atoms with Crippen molar-refractivity contribution in [1.82, 2.24) is 40.4 Å². The predicted molar refractivity (Wildman–Crippen MR) is 165 cm³/mol. The number of phenols is 1. The number of aliphatic carboxylic acids is 1. The number of phenolic OH excluding ortho intramolecular Hbond substituents is 1. The van der Waals surface area contributed by atoms with Gasteiger partial charge in [0.05, 0.1) is 6.20 Å². The van der Waals surface area contributed by atoms with Crippen molar-refractivity contribution >= 4 is 53.0 Å². The van der Waals surface area contributed by atoms with Crippen molar-refractivity contribution in [3.05, 3.63) is 63.5 Å². The number of fused-ring (bicyclic) bond motifs is 1. The van der Waals surface area contributed by atoms with Gasteiger partial charge in [-0.05, 0) is 46.5 Å². The highest BCUT2D eigenvalue weighted by Crippen LogP contribution is 2.47. The van der Waals surface area contributed by atoms with E-state index in [2.05, 4.69) is 30.8 Å². The number of nitrogens with two attached hydrogens (primary N) is 1. The Morgan fingerprint density at radius 1 is 1.28 bits per heavy atom. The maximum Gasteiger partial charge on any atom is 0.352 e. The van der Waals surface area contributed by atoms with Crippen LogP contribution in [0.2, 0.25) is 0 Å². The Kier molecular flexibility index (Phi) is 8.40. The number of hydrogen-bond acceptors (Lipinski definition) is 13. The molecule has 0 spiro atoms. The number of nitrogens with zero attached hydrogens (tertiary/aromatic N) is 7. The fourth-order valence-electron chi connectivity index (χ4n) is 5.40. The molecule has 3 aliphatic rings. The van der Waals surface area contributed by atoms with Gasteiger partial charge in [0, 0.05) is 31.6 Å². The number of rotatable bonds is 11. The molecule has 2 aliphatic heterocycles. The second-order valence-corrected chi connectivity index (χ2v) is 12.9. The fourth-order valence-corrected chi connectivity index (χ4v) is 7.83. The summed E-state index contributed by atoms with van der Waals surface area (Å²) >= 11 is 2.36. The number of carbonyl (C=O) groups excluding carboxylic acids is 3. The molecule has 6 N–H and O–H groups in total. The fraction of sp³-hybridized carbons (Fsp3) is 0.370. The highest BCUT2D eigenvalue weighted by Gasteiger charge is 2.67. The molecule has 4 amide bonds. The lowest BCUT2D eigenvalue weighted by molar-refractivity contribution is -0.192. The third-order valence-corrected chi connectivity index (χ3v) is 10.3. The van der Waals surface area contributed by atoms with Gasteiger partial charge in [0.2, 0.25) is 5.16 Å². The van der Waals surface area contributed by atoms with Gasteiger partial charge in [-0.2, -0.15) is 0 Å². The van der Waals surface area contributed by atoms with E-state index in [1.54, 1.807) is 7.05 Å². The Balaban J connectivity index is 1.33. The maximum atomic E-state index is 14.2. The molecule has 246 valence electrons. The first-order chi connectivity index (χ1) is 22.5. The zero-order valence-electron chi connectivity index (χ0n) is 24.8. The molecule has 6 rings (SSSR count). The summed E-state index contributed by atoms with van der Waals surface area (Å²) in [6, 6.07) is 2.41. The number of ether oxygens (including phenoxy) is 1. The molecule has 20 heteroatoms. The van der Waals surface area contributed by atoms with Crippen LogP contribution >= 0.6 is 23.5 Å². The Labute approximate surface area is 273 Å². The van der Waals surface area contributed by atoms with Crippen LogP contribution in [0, 0.1) is 0 Å². The second-order valence-electron chi connectivity index (χ2n) is 10.9. The summed E-state index contributed by atoms with van der Waals surface area (Å²) in [5.41, 5.74) is 2.95. The zero-order valence-corrected chi connectivity index (χ0v) is 26.4. The number of H-pyrrole nitrogens is 1. The third-order valence-electron chi connectivity index (χ3n) is 7.88. The Morgan fingerprint density at radius 2 is 2.00 bits per heavy atom. The van der Waals surface area contributed by atoms with Crippen molar-refractivity contribution < 1.29 is 34.1 Å². The number of nitrogens with one attached hydrogen (secondary N) is 2. The lowest BCUT2D eigenvalue weighted by Crippen LogP contribution is -2.81. The van der Waals surface area contributed by atoms with Crippen LogP contribution in [0.15, 0.2) is 51.7 Å². The third kappa shape index (κ3) is 5.67. The normalized spacial score (nSPS) is 21.1. The molecule has 47 heavy (non-hydrogen) atoms. The summed E-state index contributed by atoms with van der Waals surface area (Å²) in [7, 11) is 2.81. The number of tetrazole rings is 1. The van der Waals surface area contributed by atoms with E-state index >= 15 is 0 Å². The van der Waals surface area contributed by atoms with E-state index < -0.39 is 46.5 Å². The van der Waals surface area contributed by atoms with E-state index in [9.17, 15) is 34.2 Å². The maximum absolute atomic E-state index is 14.2. The number of β-lactam (4-membered cyclic amide) rings is 1. The number of aromatic hydroxyl groups is 1. The lowest BCUT2D eigenvalue weighted by Gasteiger charge is -2.56. The summed E-state index contributed by atoms with van der Waals surface area (Å²) in [4.78, 5) is 75.2. The molecule has 4 heterocycles. The number of aryl methyl sites for hydroxylation is 1. The molecular weight excluding hydrogens is 656 g/mol. The largest absolute Gasteiger partial charge is 0.508 e. The van der Waals surface area contributed by atoms with Crippen molar-refractivity contribution in [1.29, 1.82) is 0 Å². The van der Waals surface area contributed by atoms with Crippen molar-refractivity contribution in [3.8, 4) is 5.75 Å². The number of primary amides is 1. The quantitative estimate of drug-likeness (QED) is 0.101. The monoisotopic (exact) mass is 684 g/mol. The molecule has 1 saturated heterocycles. The SMILES string of the molecule is CO[C@@]1(NC(=O)C(c2ccc(O)cc2)N(C(N)=O)c2cnc(C3CC3)[nH]c2=O)C(=O)N2C(C(=O)O)=C(CSc3nnnn3C)CS[C@@H]21. The topological polar surface area (TPSA) is 252 Å².